The second-order valence-corrected chi connectivity index (χ2v) is 4.45. The minimum atomic E-state index is -5.39. The van der Waals surface area contributed by atoms with Gasteiger partial charge in [0.15, 0.2) is 5.75 Å². The molecule has 19 heavy (non-hydrogen) atoms. The lowest BCUT2D eigenvalue weighted by molar-refractivity contribution is -0.392. The molecule has 3 N–H and O–H groups in total. The van der Waals surface area contributed by atoms with Gasteiger partial charge < -0.3 is 9.84 Å². The predicted octanol–water partition coefficient (Wildman–Crippen LogP) is 0.241. The van der Waals surface area contributed by atoms with Crippen molar-refractivity contribution in [2.45, 2.75) is 11.4 Å². The molecular weight excluding hydrogens is 299 g/mol. The van der Waals surface area contributed by atoms with Gasteiger partial charge in [0.05, 0.1) is 11.1 Å². The van der Waals surface area contributed by atoms with Crippen molar-refractivity contribution in [2.75, 3.05) is 0 Å². The molecule has 0 unspecified atom stereocenters. The zero-order chi connectivity index (χ0) is 15.0. The van der Waals surface area contributed by atoms with Gasteiger partial charge in [-0.2, -0.15) is 0 Å². The zero-order valence-corrected chi connectivity index (χ0v) is 9.40. The van der Waals surface area contributed by atoms with Crippen LogP contribution in [0.4, 0.5) is 18.9 Å². The molecule has 0 atom stereocenters. The third-order valence-corrected chi connectivity index (χ3v) is 2.46. The number of hydrogen-bond acceptors (Lipinski definition) is 7. The number of nitro groups is 1. The Balaban J connectivity index is 3.66. The zero-order valence-electron chi connectivity index (χ0n) is 8.58. The Hall–Kier alpha value is -2.15. The largest absolute Gasteiger partial charge is 0.573 e. The first kappa shape index (κ1) is 14.9. The van der Waals surface area contributed by atoms with Crippen LogP contribution in [0, 0.1) is 10.1 Å². The lowest BCUT2D eigenvalue weighted by Crippen LogP contribution is -2.21. The summed E-state index contributed by atoms with van der Waals surface area (Å²) in [5, 5.41) is 22.8. The third-order valence-electron chi connectivity index (χ3n) is 1.62. The molecule has 0 spiro atoms. The first-order valence-electron chi connectivity index (χ1n) is 4.08. The fraction of sp³-hybridized carbons (Fsp3) is 0.167. The van der Waals surface area contributed by atoms with Crippen molar-refractivity contribution in [3.05, 3.63) is 16.3 Å². The standard InChI is InChI=1S/C6H4F3N3O6S/c7-6(8,9)18-4-2(13)1-11-5(19(10,16)17)3(4)12(14)15/h1,13H,(H2,10,16,17). The van der Waals surface area contributed by atoms with E-state index in [2.05, 4.69) is 14.9 Å². The minimum absolute atomic E-state index is 0.230. The number of halogens is 3. The highest BCUT2D eigenvalue weighted by atomic mass is 32.2. The first-order chi connectivity index (χ1) is 8.43. The van der Waals surface area contributed by atoms with E-state index in [0.717, 1.165) is 0 Å². The van der Waals surface area contributed by atoms with Crippen LogP contribution in [0.5, 0.6) is 11.5 Å². The Kier molecular flexibility index (Phi) is 3.54. The van der Waals surface area contributed by atoms with Gasteiger partial charge in [0.1, 0.15) is 0 Å². The molecule has 0 fully saturated rings. The Morgan fingerprint density at radius 2 is 2.00 bits per heavy atom. The van der Waals surface area contributed by atoms with Gasteiger partial charge in [-0.15, -0.1) is 13.2 Å². The number of primary sulfonamides is 1. The number of rotatable bonds is 3. The highest BCUT2D eigenvalue weighted by molar-refractivity contribution is 7.89. The minimum Gasteiger partial charge on any atom is -0.503 e. The maximum absolute atomic E-state index is 12.0. The first-order valence-corrected chi connectivity index (χ1v) is 5.63. The summed E-state index contributed by atoms with van der Waals surface area (Å²) < 4.78 is 61.3. The molecule has 0 saturated carbocycles. The van der Waals surface area contributed by atoms with Crippen molar-refractivity contribution in [3.8, 4) is 11.5 Å². The lowest BCUT2D eigenvalue weighted by atomic mass is 10.3. The molecule has 1 rings (SSSR count). The van der Waals surface area contributed by atoms with Crippen molar-refractivity contribution < 1.29 is 36.4 Å². The van der Waals surface area contributed by atoms with E-state index in [1.54, 1.807) is 0 Å². The van der Waals surface area contributed by atoms with E-state index in [1.165, 1.54) is 0 Å². The SMILES string of the molecule is NS(=O)(=O)c1ncc(O)c(OC(F)(F)F)c1[N+](=O)[O-]. The van der Waals surface area contributed by atoms with Crippen LogP contribution >= 0.6 is 0 Å². The van der Waals surface area contributed by atoms with E-state index in [0.29, 0.717) is 0 Å². The van der Waals surface area contributed by atoms with Crippen LogP contribution < -0.4 is 9.88 Å². The second-order valence-electron chi connectivity index (χ2n) is 2.98. The number of sulfonamides is 1. The molecule has 0 aliphatic heterocycles. The number of pyridine rings is 1. The quantitative estimate of drug-likeness (QED) is 0.600. The molecule has 0 bridgehead atoms. The lowest BCUT2D eigenvalue weighted by Gasteiger charge is -2.11. The van der Waals surface area contributed by atoms with Crippen molar-refractivity contribution in [2.24, 2.45) is 5.14 Å². The van der Waals surface area contributed by atoms with E-state index in [1.807, 2.05) is 0 Å². The second kappa shape index (κ2) is 4.51. The fourth-order valence-electron chi connectivity index (χ4n) is 1.04. The molecule has 1 heterocycles. The summed E-state index contributed by atoms with van der Waals surface area (Å²) in [5.41, 5.74) is -1.71. The van der Waals surface area contributed by atoms with Gasteiger partial charge in [-0.25, -0.2) is 18.5 Å². The third kappa shape index (κ3) is 3.41. The molecule has 1 aromatic rings. The van der Waals surface area contributed by atoms with Crippen LogP contribution in [0.1, 0.15) is 0 Å². The normalized spacial score (nSPS) is 12.2. The summed E-state index contributed by atoms with van der Waals surface area (Å²) >= 11 is 0. The number of nitrogens with zero attached hydrogens (tertiary/aromatic N) is 2. The van der Waals surface area contributed by atoms with Crippen molar-refractivity contribution in [1.82, 2.24) is 4.98 Å². The average Bonchev–Trinajstić information content (AvgIpc) is 2.16. The van der Waals surface area contributed by atoms with Gasteiger partial charge in [0, 0.05) is 0 Å². The van der Waals surface area contributed by atoms with Crippen molar-refractivity contribution in [1.29, 1.82) is 0 Å². The number of ether oxygens (including phenoxy) is 1. The van der Waals surface area contributed by atoms with Gasteiger partial charge in [-0.05, 0) is 0 Å². The highest BCUT2D eigenvalue weighted by Crippen LogP contribution is 2.41. The van der Waals surface area contributed by atoms with Gasteiger partial charge >= 0.3 is 12.0 Å². The summed E-state index contributed by atoms with van der Waals surface area (Å²) in [4.78, 5) is 12.0. The van der Waals surface area contributed by atoms with Gasteiger partial charge in [-0.3, -0.25) is 10.1 Å². The number of nitrogens with two attached hydrogens (primary N) is 1. The average molecular weight is 303 g/mol. The summed E-state index contributed by atoms with van der Waals surface area (Å²) in [6, 6.07) is 0. The van der Waals surface area contributed by atoms with Gasteiger partial charge in [-0.1, -0.05) is 0 Å². The van der Waals surface area contributed by atoms with E-state index in [4.69, 9.17) is 5.11 Å². The van der Waals surface area contributed by atoms with E-state index < -0.39 is 43.5 Å². The number of aromatic nitrogens is 1. The van der Waals surface area contributed by atoms with E-state index in [9.17, 15) is 31.7 Å². The Morgan fingerprint density at radius 1 is 1.47 bits per heavy atom. The molecule has 1 aromatic heterocycles. The Morgan fingerprint density at radius 3 is 2.37 bits per heavy atom. The maximum Gasteiger partial charge on any atom is 0.573 e. The van der Waals surface area contributed by atoms with Crippen molar-refractivity contribution in [3.63, 3.8) is 0 Å². The summed E-state index contributed by atoms with van der Waals surface area (Å²) in [6.45, 7) is 0. The number of alkyl halides is 3. The van der Waals surface area contributed by atoms with Crippen LogP contribution in [-0.4, -0.2) is 29.8 Å². The van der Waals surface area contributed by atoms with E-state index in [-0.39, 0.29) is 6.20 Å². The molecule has 0 aliphatic rings. The van der Waals surface area contributed by atoms with E-state index >= 15 is 0 Å². The topological polar surface area (TPSA) is 146 Å². The molecule has 0 amide bonds. The number of hydrogen-bond donors (Lipinski definition) is 2. The van der Waals surface area contributed by atoms with Crippen LogP contribution in [-0.2, 0) is 10.0 Å². The molecule has 0 radical (unpaired) electrons. The van der Waals surface area contributed by atoms with Crippen LogP contribution in [0.2, 0.25) is 0 Å². The molecule has 13 heteroatoms. The van der Waals surface area contributed by atoms with Crippen LogP contribution in [0.15, 0.2) is 11.2 Å². The smallest absolute Gasteiger partial charge is 0.503 e. The molecule has 0 aliphatic carbocycles. The molecule has 9 nitrogen and oxygen atoms in total. The highest BCUT2D eigenvalue weighted by Gasteiger charge is 2.40. The van der Waals surface area contributed by atoms with Gasteiger partial charge in [0.25, 0.3) is 20.8 Å². The summed E-state index contributed by atoms with van der Waals surface area (Å²) in [5.74, 6) is -3.08. The monoisotopic (exact) mass is 303 g/mol. The number of aromatic hydroxyl groups is 1. The van der Waals surface area contributed by atoms with Gasteiger partial charge in [0.2, 0.25) is 0 Å². The molecule has 0 aromatic carbocycles. The fourth-order valence-corrected chi connectivity index (χ4v) is 1.68. The summed E-state index contributed by atoms with van der Waals surface area (Å²) in [7, 11) is -4.78. The molecule has 0 saturated heterocycles. The van der Waals surface area contributed by atoms with Crippen LogP contribution in [0.3, 0.4) is 0 Å². The Bertz CT molecular complexity index is 628. The van der Waals surface area contributed by atoms with Crippen molar-refractivity contribution >= 4 is 15.7 Å². The Labute approximate surface area is 102 Å². The maximum atomic E-state index is 12.0. The molecule has 106 valence electrons. The molecular formula is C6H4F3N3O6S. The van der Waals surface area contributed by atoms with Crippen LogP contribution in [0.25, 0.3) is 0 Å². The predicted molar refractivity (Wildman–Crippen MR) is 50.6 cm³/mol. The summed E-state index contributed by atoms with van der Waals surface area (Å²) in [6.07, 6.45) is -5.16.